The van der Waals surface area contributed by atoms with Gasteiger partial charge in [-0.1, -0.05) is 22.9 Å². The Bertz CT molecular complexity index is 453. The van der Waals surface area contributed by atoms with Crippen molar-refractivity contribution in [2.24, 2.45) is 4.40 Å². The molecule has 2 nitrogen and oxygen atoms in total. The van der Waals surface area contributed by atoms with Gasteiger partial charge < -0.3 is 4.90 Å². The molecule has 2 rings (SSSR count). The Morgan fingerprint density at radius 2 is 2.29 bits per heavy atom. The van der Waals surface area contributed by atoms with Crippen LogP contribution in [0.1, 0.15) is 12.0 Å². The van der Waals surface area contributed by atoms with Gasteiger partial charge in [-0.2, -0.15) is 0 Å². The summed E-state index contributed by atoms with van der Waals surface area (Å²) in [4.78, 5) is 2.03. The highest BCUT2D eigenvalue weighted by Crippen LogP contribution is 2.38. The SMILES string of the molecule is [CH2]CC1SN=CN1c1c(Br)cc(F)cc1CBr. The number of rotatable bonds is 3. The van der Waals surface area contributed by atoms with Crippen molar-refractivity contribution >= 4 is 55.8 Å². The molecule has 0 saturated carbocycles. The van der Waals surface area contributed by atoms with Crippen LogP contribution in [0.5, 0.6) is 0 Å². The Labute approximate surface area is 121 Å². The van der Waals surface area contributed by atoms with Crippen molar-refractivity contribution in [3.05, 3.63) is 34.9 Å². The van der Waals surface area contributed by atoms with Crippen LogP contribution in [-0.4, -0.2) is 11.7 Å². The molecule has 0 aliphatic carbocycles. The summed E-state index contributed by atoms with van der Waals surface area (Å²) in [6, 6.07) is 3.00. The average molecular weight is 381 g/mol. The molecule has 0 bridgehead atoms. The second-order valence-corrected chi connectivity index (χ2v) is 5.89. The Morgan fingerprint density at radius 3 is 2.94 bits per heavy atom. The topological polar surface area (TPSA) is 15.6 Å². The summed E-state index contributed by atoms with van der Waals surface area (Å²) in [5.74, 6) is -0.245. The molecule has 1 aromatic rings. The van der Waals surface area contributed by atoms with Gasteiger partial charge >= 0.3 is 0 Å². The summed E-state index contributed by atoms with van der Waals surface area (Å²) in [6.45, 7) is 3.90. The molecule has 17 heavy (non-hydrogen) atoms. The molecule has 91 valence electrons. The predicted octanol–water partition coefficient (Wildman–Crippen LogP) is 4.53. The lowest BCUT2D eigenvalue weighted by molar-refractivity contribution is 0.625. The van der Waals surface area contributed by atoms with Crippen molar-refractivity contribution in [1.82, 2.24) is 0 Å². The van der Waals surface area contributed by atoms with Crippen LogP contribution in [0.15, 0.2) is 21.0 Å². The maximum Gasteiger partial charge on any atom is 0.124 e. The third-order valence-corrected chi connectivity index (χ3v) is 4.55. The van der Waals surface area contributed by atoms with E-state index >= 15 is 0 Å². The molecule has 0 amide bonds. The Balaban J connectivity index is 2.47. The van der Waals surface area contributed by atoms with E-state index in [-0.39, 0.29) is 11.2 Å². The van der Waals surface area contributed by atoms with Gasteiger partial charge in [-0.3, -0.25) is 0 Å². The zero-order valence-electron chi connectivity index (χ0n) is 8.87. The fourth-order valence-electron chi connectivity index (χ4n) is 1.68. The summed E-state index contributed by atoms with van der Waals surface area (Å²) >= 11 is 8.28. The van der Waals surface area contributed by atoms with Crippen molar-refractivity contribution in [1.29, 1.82) is 0 Å². The maximum atomic E-state index is 13.3. The van der Waals surface area contributed by atoms with E-state index in [9.17, 15) is 4.39 Å². The highest BCUT2D eigenvalue weighted by molar-refractivity contribution is 9.10. The third-order valence-electron chi connectivity index (χ3n) is 2.42. The number of hydrogen-bond acceptors (Lipinski definition) is 3. The molecule has 6 heteroatoms. The highest BCUT2D eigenvalue weighted by Gasteiger charge is 2.25. The number of benzene rings is 1. The molecule has 1 heterocycles. The normalized spacial score (nSPS) is 19.1. The molecule has 1 atom stereocenters. The first-order valence-corrected chi connectivity index (χ1v) is 7.73. The van der Waals surface area contributed by atoms with Crippen LogP contribution in [0, 0.1) is 12.7 Å². The molecular formula is C11H10Br2FN2S. The minimum atomic E-state index is -0.245. The van der Waals surface area contributed by atoms with Gasteiger partial charge in [0.2, 0.25) is 0 Å². The summed E-state index contributed by atoms with van der Waals surface area (Å²) in [5.41, 5.74) is 1.84. The lowest BCUT2D eigenvalue weighted by Crippen LogP contribution is -2.28. The number of nitrogens with zero attached hydrogens (tertiary/aromatic N) is 2. The van der Waals surface area contributed by atoms with Crippen LogP contribution >= 0.6 is 43.8 Å². The molecule has 1 aliphatic rings. The fraction of sp³-hybridized carbons (Fsp3) is 0.273. The molecule has 0 spiro atoms. The Hall–Kier alpha value is -0.0700. The summed E-state index contributed by atoms with van der Waals surface area (Å²) in [6.07, 6.45) is 2.50. The van der Waals surface area contributed by atoms with E-state index in [0.29, 0.717) is 5.33 Å². The van der Waals surface area contributed by atoms with Crippen molar-refractivity contribution in [3.63, 3.8) is 0 Å². The third kappa shape index (κ3) is 2.69. The second-order valence-electron chi connectivity index (χ2n) is 3.51. The lowest BCUT2D eigenvalue weighted by Gasteiger charge is -2.25. The minimum Gasteiger partial charge on any atom is -0.316 e. The van der Waals surface area contributed by atoms with Gasteiger partial charge in [-0.05, 0) is 40.0 Å². The molecule has 1 unspecified atom stereocenters. The van der Waals surface area contributed by atoms with Crippen molar-refractivity contribution < 1.29 is 4.39 Å². The number of halogens is 3. The van der Waals surface area contributed by atoms with Crippen LogP contribution in [-0.2, 0) is 5.33 Å². The molecular weight excluding hydrogens is 371 g/mol. The summed E-state index contributed by atoms with van der Waals surface area (Å²) in [5, 5.41) is 0.770. The first-order valence-electron chi connectivity index (χ1n) is 4.98. The summed E-state index contributed by atoms with van der Waals surface area (Å²) in [7, 11) is 0. The number of alkyl halides is 1. The zero-order valence-corrected chi connectivity index (χ0v) is 12.9. The number of anilines is 1. The van der Waals surface area contributed by atoms with Gasteiger partial charge in [0.15, 0.2) is 0 Å². The van der Waals surface area contributed by atoms with Crippen LogP contribution < -0.4 is 4.90 Å². The van der Waals surface area contributed by atoms with Crippen LogP contribution in [0.25, 0.3) is 0 Å². The fourth-order valence-corrected chi connectivity index (χ4v) is 3.45. The highest BCUT2D eigenvalue weighted by atomic mass is 79.9. The average Bonchev–Trinajstić information content (AvgIpc) is 2.75. The van der Waals surface area contributed by atoms with Gasteiger partial charge in [0, 0.05) is 21.8 Å². The van der Waals surface area contributed by atoms with Crippen molar-refractivity contribution in [3.8, 4) is 0 Å². The second kappa shape index (κ2) is 5.71. The zero-order chi connectivity index (χ0) is 12.4. The van der Waals surface area contributed by atoms with E-state index in [1.165, 1.54) is 24.1 Å². The molecule has 0 fully saturated rings. The standard InChI is InChI=1S/C11H10Br2FN2S/c1-2-10-16(6-15-17-10)11-7(5-12)3-8(14)4-9(11)13/h3-4,6,10H,1-2,5H2. The number of hydrogen-bond donors (Lipinski definition) is 0. The molecule has 0 aromatic heterocycles. The molecule has 1 radical (unpaired) electrons. The quantitative estimate of drug-likeness (QED) is 0.565. The Morgan fingerprint density at radius 1 is 1.53 bits per heavy atom. The monoisotopic (exact) mass is 379 g/mol. The molecule has 0 N–H and O–H groups in total. The largest absolute Gasteiger partial charge is 0.316 e. The van der Waals surface area contributed by atoms with Gasteiger partial charge in [0.05, 0.1) is 5.69 Å². The van der Waals surface area contributed by atoms with Crippen LogP contribution in [0.4, 0.5) is 10.1 Å². The first kappa shape index (κ1) is 13.4. The molecule has 0 saturated heterocycles. The first-order chi connectivity index (χ1) is 8.17. The molecule has 1 aliphatic heterocycles. The van der Waals surface area contributed by atoms with E-state index in [1.54, 1.807) is 6.34 Å². The minimum absolute atomic E-state index is 0.176. The van der Waals surface area contributed by atoms with Gasteiger partial charge in [0.25, 0.3) is 0 Å². The summed E-state index contributed by atoms with van der Waals surface area (Å²) < 4.78 is 18.3. The van der Waals surface area contributed by atoms with Crippen LogP contribution in [0.2, 0.25) is 0 Å². The van der Waals surface area contributed by atoms with E-state index in [2.05, 4.69) is 43.2 Å². The van der Waals surface area contributed by atoms with E-state index in [4.69, 9.17) is 0 Å². The van der Waals surface area contributed by atoms with E-state index in [0.717, 1.165) is 22.1 Å². The van der Waals surface area contributed by atoms with Crippen molar-refractivity contribution in [2.75, 3.05) is 4.90 Å². The van der Waals surface area contributed by atoms with E-state index < -0.39 is 0 Å². The smallest absolute Gasteiger partial charge is 0.124 e. The maximum absolute atomic E-state index is 13.3. The van der Waals surface area contributed by atoms with Gasteiger partial charge in [-0.15, -0.1) is 0 Å². The van der Waals surface area contributed by atoms with Gasteiger partial charge in [0.1, 0.15) is 17.5 Å². The Kier molecular flexibility index (Phi) is 4.49. The predicted molar refractivity (Wildman–Crippen MR) is 79.1 cm³/mol. The van der Waals surface area contributed by atoms with E-state index in [1.807, 2.05) is 4.90 Å². The van der Waals surface area contributed by atoms with Crippen molar-refractivity contribution in [2.45, 2.75) is 17.1 Å². The lowest BCUT2D eigenvalue weighted by atomic mass is 10.1. The van der Waals surface area contributed by atoms with Crippen LogP contribution in [0.3, 0.4) is 0 Å². The van der Waals surface area contributed by atoms with Gasteiger partial charge in [-0.25, -0.2) is 8.79 Å². The molecule has 1 aromatic carbocycles.